The van der Waals surface area contributed by atoms with Crippen LogP contribution in [0.25, 0.3) is 0 Å². The number of carbonyl (C=O) groups is 4. The van der Waals surface area contributed by atoms with Crippen LogP contribution in [-0.2, 0) is 19.2 Å². The van der Waals surface area contributed by atoms with E-state index in [1.165, 1.54) is 16.4 Å². The molecule has 0 bridgehead atoms. The summed E-state index contributed by atoms with van der Waals surface area (Å²) in [4.78, 5) is 45.1. The van der Waals surface area contributed by atoms with Gasteiger partial charge in [0.1, 0.15) is 6.04 Å². The summed E-state index contributed by atoms with van der Waals surface area (Å²) in [5.74, 6) is -4.26. The van der Waals surface area contributed by atoms with Gasteiger partial charge in [0.2, 0.25) is 5.91 Å². The van der Waals surface area contributed by atoms with Crippen molar-refractivity contribution in [1.29, 1.82) is 0 Å². The maximum atomic E-state index is 11.2. The summed E-state index contributed by atoms with van der Waals surface area (Å²) >= 11 is 0. The summed E-state index contributed by atoms with van der Waals surface area (Å²) in [6.07, 6.45) is -0.704. The molecule has 0 fully saturated rings. The minimum absolute atomic E-state index is 0.320. The fourth-order valence-electron chi connectivity index (χ4n) is 1.50. The van der Waals surface area contributed by atoms with Crippen LogP contribution in [0.5, 0.6) is 0 Å². The summed E-state index contributed by atoms with van der Waals surface area (Å²) in [5.41, 5.74) is 3.85. The van der Waals surface area contributed by atoms with Crippen LogP contribution in [0.15, 0.2) is 0 Å². The van der Waals surface area contributed by atoms with Crippen molar-refractivity contribution in [3.63, 3.8) is 0 Å². The Morgan fingerprint density at radius 1 is 0.857 bits per heavy atom. The van der Waals surface area contributed by atoms with E-state index in [2.05, 4.69) is 0 Å². The first-order chi connectivity index (χ1) is 9.85. The zero-order chi connectivity index (χ0) is 16.4. The molecule has 3 amide bonds. The highest BCUT2D eigenvalue weighted by molar-refractivity contribution is 5.83. The molecule has 0 aliphatic rings. The Hall–Kier alpha value is -2.28. The molecular formula is C9H16N4O8. The van der Waals surface area contributed by atoms with Gasteiger partial charge in [0, 0.05) is 6.42 Å². The number of rotatable bonds is 9. The average Bonchev–Trinajstić information content (AvgIpc) is 2.45. The number of hydrogen-bond acceptors (Lipinski definition) is 8. The van der Waals surface area contributed by atoms with Gasteiger partial charge in [-0.2, -0.15) is 0 Å². The number of carbonyl (C=O) groups excluding carboxylic acids is 3. The van der Waals surface area contributed by atoms with E-state index in [1.807, 2.05) is 0 Å². The predicted molar refractivity (Wildman–Crippen MR) is 62.0 cm³/mol. The molecular weight excluding hydrogens is 292 g/mol. The van der Waals surface area contributed by atoms with Gasteiger partial charge in [0.15, 0.2) is 0 Å². The van der Waals surface area contributed by atoms with Gasteiger partial charge in [-0.15, -0.1) is 0 Å². The quantitative estimate of drug-likeness (QED) is 0.172. The summed E-state index contributed by atoms with van der Waals surface area (Å²) in [6.45, 7) is -1.33. The van der Waals surface area contributed by atoms with Crippen LogP contribution in [0.4, 0.5) is 0 Å². The summed E-state index contributed by atoms with van der Waals surface area (Å²) < 4.78 is 0. The van der Waals surface area contributed by atoms with Crippen molar-refractivity contribution < 1.29 is 39.9 Å². The molecule has 0 saturated carbocycles. The number of carboxylic acids is 1. The minimum Gasteiger partial charge on any atom is -0.480 e. The smallest absolute Gasteiger partial charge is 0.320 e. The molecule has 0 rings (SSSR count). The van der Waals surface area contributed by atoms with Gasteiger partial charge < -0.3 is 5.11 Å². The van der Waals surface area contributed by atoms with E-state index < -0.39 is 42.8 Å². The standard InChI is InChI=1S/C9H16N4O8/c14-6(10-19)2-1-5(9(17)18)13(3-7(15)11-20)4-8(16)12-21/h5,19-21H,1-4H2,(H,10,14)(H,11,15)(H,12,16)(H,17,18). The minimum atomic E-state index is -1.43. The van der Waals surface area contributed by atoms with Crippen LogP contribution < -0.4 is 16.4 Å². The second kappa shape index (κ2) is 9.60. The highest BCUT2D eigenvalue weighted by Crippen LogP contribution is 2.08. The lowest BCUT2D eigenvalue weighted by atomic mass is 10.1. The summed E-state index contributed by atoms with van der Waals surface area (Å²) in [6, 6.07) is -1.43. The van der Waals surface area contributed by atoms with Crippen molar-refractivity contribution in [2.24, 2.45) is 0 Å². The van der Waals surface area contributed by atoms with Gasteiger partial charge in [-0.1, -0.05) is 0 Å². The van der Waals surface area contributed by atoms with E-state index in [0.29, 0.717) is 0 Å². The van der Waals surface area contributed by atoms with E-state index in [0.717, 1.165) is 4.90 Å². The third kappa shape index (κ3) is 7.17. The number of nitrogens with zero attached hydrogens (tertiary/aromatic N) is 1. The van der Waals surface area contributed by atoms with Crippen molar-refractivity contribution in [2.75, 3.05) is 13.1 Å². The molecule has 0 aromatic rings. The molecule has 21 heavy (non-hydrogen) atoms. The lowest BCUT2D eigenvalue weighted by Gasteiger charge is -2.26. The van der Waals surface area contributed by atoms with Gasteiger partial charge in [-0.25, -0.2) is 16.4 Å². The SMILES string of the molecule is O=C(CCC(C(=O)O)N(CC(=O)NO)CC(=O)NO)NO. The molecule has 0 radical (unpaired) electrons. The Morgan fingerprint density at radius 3 is 1.62 bits per heavy atom. The van der Waals surface area contributed by atoms with Crippen LogP contribution in [0.3, 0.4) is 0 Å². The first-order valence-corrected chi connectivity index (χ1v) is 5.61. The zero-order valence-corrected chi connectivity index (χ0v) is 10.8. The molecule has 0 aliphatic carbocycles. The highest BCUT2D eigenvalue weighted by Gasteiger charge is 2.29. The normalized spacial score (nSPS) is 11.6. The average molecular weight is 308 g/mol. The lowest BCUT2D eigenvalue weighted by Crippen LogP contribution is -2.50. The molecule has 0 heterocycles. The number of hydrogen-bond donors (Lipinski definition) is 7. The fourth-order valence-corrected chi connectivity index (χ4v) is 1.50. The van der Waals surface area contributed by atoms with E-state index in [1.54, 1.807) is 0 Å². The molecule has 120 valence electrons. The monoisotopic (exact) mass is 308 g/mol. The van der Waals surface area contributed by atoms with Crippen molar-refractivity contribution in [2.45, 2.75) is 18.9 Å². The van der Waals surface area contributed by atoms with Crippen molar-refractivity contribution in [3.8, 4) is 0 Å². The van der Waals surface area contributed by atoms with Crippen LogP contribution >= 0.6 is 0 Å². The van der Waals surface area contributed by atoms with Crippen molar-refractivity contribution >= 4 is 23.7 Å². The first kappa shape index (κ1) is 18.7. The fraction of sp³-hybridized carbons (Fsp3) is 0.556. The predicted octanol–water partition coefficient (Wildman–Crippen LogP) is -2.96. The topological polar surface area (TPSA) is 189 Å². The molecule has 0 aliphatic heterocycles. The zero-order valence-electron chi connectivity index (χ0n) is 10.8. The van der Waals surface area contributed by atoms with Gasteiger partial charge in [-0.3, -0.25) is 39.7 Å². The van der Waals surface area contributed by atoms with Crippen LogP contribution in [-0.4, -0.2) is 68.5 Å². The molecule has 1 unspecified atom stereocenters. The van der Waals surface area contributed by atoms with Gasteiger partial charge in [0.05, 0.1) is 13.1 Å². The van der Waals surface area contributed by atoms with Crippen molar-refractivity contribution in [1.82, 2.24) is 21.3 Å². The Kier molecular flexibility index (Phi) is 8.55. The number of amides is 3. The number of aliphatic carboxylic acids is 1. The molecule has 12 heteroatoms. The Bertz CT molecular complexity index is 383. The van der Waals surface area contributed by atoms with E-state index in [-0.39, 0.29) is 12.8 Å². The second-order valence-electron chi connectivity index (χ2n) is 3.90. The lowest BCUT2D eigenvalue weighted by molar-refractivity contribution is -0.146. The molecule has 0 aromatic carbocycles. The maximum Gasteiger partial charge on any atom is 0.320 e. The van der Waals surface area contributed by atoms with E-state index in [4.69, 9.17) is 20.7 Å². The second-order valence-corrected chi connectivity index (χ2v) is 3.90. The largest absolute Gasteiger partial charge is 0.480 e. The maximum absolute atomic E-state index is 11.2. The Labute approximate surface area is 118 Å². The summed E-state index contributed by atoms with van der Waals surface area (Å²) in [5, 5.41) is 34.3. The first-order valence-electron chi connectivity index (χ1n) is 5.61. The van der Waals surface area contributed by atoms with Gasteiger partial charge >= 0.3 is 5.97 Å². The van der Waals surface area contributed by atoms with Crippen LogP contribution in [0.1, 0.15) is 12.8 Å². The van der Waals surface area contributed by atoms with E-state index >= 15 is 0 Å². The van der Waals surface area contributed by atoms with E-state index in [9.17, 15) is 19.2 Å². The summed E-state index contributed by atoms with van der Waals surface area (Å²) in [7, 11) is 0. The number of carboxylic acid groups (broad SMARTS) is 1. The third-order valence-corrected chi connectivity index (χ3v) is 2.44. The van der Waals surface area contributed by atoms with Gasteiger partial charge in [-0.05, 0) is 6.42 Å². The van der Waals surface area contributed by atoms with Gasteiger partial charge in [0.25, 0.3) is 11.8 Å². The highest BCUT2D eigenvalue weighted by atomic mass is 16.5. The Morgan fingerprint density at radius 2 is 1.29 bits per heavy atom. The molecule has 12 nitrogen and oxygen atoms in total. The molecule has 0 saturated heterocycles. The molecule has 0 aromatic heterocycles. The molecule has 0 spiro atoms. The van der Waals surface area contributed by atoms with Crippen LogP contribution in [0.2, 0.25) is 0 Å². The molecule has 7 N–H and O–H groups in total. The van der Waals surface area contributed by atoms with Crippen molar-refractivity contribution in [3.05, 3.63) is 0 Å². The molecule has 1 atom stereocenters. The Balaban J connectivity index is 4.98. The van der Waals surface area contributed by atoms with Crippen LogP contribution in [0, 0.1) is 0 Å². The number of nitrogens with one attached hydrogen (secondary N) is 3. The number of hydroxylamine groups is 3. The third-order valence-electron chi connectivity index (χ3n) is 2.44.